The Morgan fingerprint density at radius 3 is 0.640 bits per heavy atom. The molecule has 0 aliphatic carbocycles. The molecule has 0 unspecified atom stereocenters. The number of carbonyl (C=O) groups is 4. The molecule has 0 aliphatic heterocycles. The zero-order valence-corrected chi connectivity index (χ0v) is 26.4. The first kappa shape index (κ1) is 56.6. The van der Waals surface area contributed by atoms with Gasteiger partial charge in [-0.2, -0.15) is 0 Å². The number of rotatable bonds is 0. The standard InChI is InChI=1S/3C2H4O3.CH2O4.K.4Na/c3*1-2(3)5-4;2-1(3)5-4;;;;;/h3*4H,1H3;4H,(H,2,3);;;;;/q;;;;5*+1/p-5. The summed E-state index contributed by atoms with van der Waals surface area (Å²) in [5.74, 6) is -2.40. The van der Waals surface area contributed by atoms with Crippen molar-refractivity contribution in [2.75, 3.05) is 0 Å². The van der Waals surface area contributed by atoms with E-state index in [-0.39, 0.29) is 170 Å². The minimum Gasteiger partial charge on any atom is -0.755 e. The molecule has 0 fully saturated rings. The van der Waals surface area contributed by atoms with E-state index in [1.54, 1.807) is 0 Å². The van der Waals surface area contributed by atoms with Crippen molar-refractivity contribution >= 4 is 24.1 Å². The average molecular weight is 432 g/mol. The molecule has 0 heterocycles. The molecule has 25 heavy (non-hydrogen) atoms. The van der Waals surface area contributed by atoms with Crippen molar-refractivity contribution in [2.45, 2.75) is 20.8 Å². The van der Waals surface area contributed by atoms with Crippen LogP contribution in [0.1, 0.15) is 20.8 Å². The van der Waals surface area contributed by atoms with Crippen LogP contribution in [0.25, 0.3) is 0 Å². The van der Waals surface area contributed by atoms with E-state index < -0.39 is 24.1 Å². The number of carbonyl (C=O) groups excluding carboxylic acids is 4. The van der Waals surface area contributed by atoms with E-state index in [1.807, 2.05) is 0 Å². The smallest absolute Gasteiger partial charge is 0.755 e. The first-order chi connectivity index (χ1) is 9.08. The molecule has 0 saturated heterocycles. The summed E-state index contributed by atoms with van der Waals surface area (Å²) in [6.07, 6.45) is -2.05. The molecule has 0 amide bonds. The van der Waals surface area contributed by atoms with Crippen LogP contribution in [0.15, 0.2) is 0 Å². The third-order valence-corrected chi connectivity index (χ3v) is 0.420. The first-order valence-corrected chi connectivity index (χ1v) is 4.00. The number of hydrogen-bond acceptors (Lipinski definition) is 13. The van der Waals surface area contributed by atoms with E-state index in [0.717, 1.165) is 20.8 Å². The van der Waals surface area contributed by atoms with Crippen LogP contribution in [0.4, 0.5) is 4.79 Å². The van der Waals surface area contributed by atoms with E-state index in [9.17, 15) is 14.4 Å². The Bertz CT molecular complexity index is 238. The van der Waals surface area contributed by atoms with Gasteiger partial charge < -0.3 is 50.5 Å². The van der Waals surface area contributed by atoms with E-state index >= 15 is 0 Å². The normalized spacial score (nSPS) is 5.40. The van der Waals surface area contributed by atoms with Crippen LogP contribution in [0.3, 0.4) is 0 Å². The fourth-order valence-electron chi connectivity index (χ4n) is 0. The second-order valence-electron chi connectivity index (χ2n) is 2.06. The summed E-state index contributed by atoms with van der Waals surface area (Å²) in [5.41, 5.74) is 0. The fraction of sp³-hybridized carbons (Fsp3) is 0.429. The van der Waals surface area contributed by atoms with Gasteiger partial charge >= 0.3 is 170 Å². The van der Waals surface area contributed by atoms with Crippen LogP contribution in [0, 0.1) is 0 Å². The molecule has 0 aromatic carbocycles. The van der Waals surface area contributed by atoms with Gasteiger partial charge in [-0.15, -0.1) is 0 Å². The minimum atomic E-state index is -2.05. The first-order valence-electron chi connectivity index (χ1n) is 4.00. The molecule has 0 aromatic heterocycles. The number of carboxylic acid groups (broad SMARTS) is 1. The Balaban J connectivity index is -0.0000000183. The summed E-state index contributed by atoms with van der Waals surface area (Å²) < 4.78 is 0. The monoisotopic (exact) mass is 432 g/mol. The van der Waals surface area contributed by atoms with Gasteiger partial charge in [-0.05, 0) is 0 Å². The van der Waals surface area contributed by atoms with Gasteiger partial charge in [0.25, 0.3) is 17.9 Å². The molecule has 0 radical (unpaired) electrons. The zero-order chi connectivity index (χ0) is 17.1. The van der Waals surface area contributed by atoms with Crippen molar-refractivity contribution in [3.8, 4) is 0 Å². The number of hydrogen-bond donors (Lipinski definition) is 0. The molecule has 0 aromatic rings. The topological polar surface area (TPSA) is 220 Å². The van der Waals surface area contributed by atoms with Gasteiger partial charge in [-0.3, -0.25) is 14.4 Å². The van der Waals surface area contributed by atoms with Crippen LogP contribution in [0.2, 0.25) is 0 Å². The SMILES string of the molecule is CC(=O)O[O-].CC(=O)O[O-].CC(=O)O[O-].O=C([O-])O[O-].[K+].[Na+].[Na+].[Na+].[Na+]. The zero-order valence-electron chi connectivity index (χ0n) is 15.3. The van der Waals surface area contributed by atoms with Crippen molar-refractivity contribution in [2.24, 2.45) is 0 Å². The Morgan fingerprint density at radius 2 is 0.640 bits per heavy atom. The second kappa shape index (κ2) is 50.6. The molecule has 0 N–H and O–H groups in total. The molecule has 0 bridgehead atoms. The third-order valence-electron chi connectivity index (χ3n) is 0.420. The molecular formula is C7H9KNa4O13. The molecular weight excluding hydrogens is 423 g/mol. The summed E-state index contributed by atoms with van der Waals surface area (Å²) in [6, 6.07) is 0. The van der Waals surface area contributed by atoms with E-state index in [1.165, 1.54) is 0 Å². The molecule has 0 atom stereocenters. The third kappa shape index (κ3) is 138. The molecule has 0 saturated carbocycles. The maximum Gasteiger partial charge on any atom is 1.00 e. The van der Waals surface area contributed by atoms with Crippen LogP contribution in [-0.4, -0.2) is 24.1 Å². The molecule has 18 heteroatoms. The van der Waals surface area contributed by atoms with Crippen molar-refractivity contribution in [3.05, 3.63) is 0 Å². The Hall–Kier alpha value is 3.16. The van der Waals surface area contributed by atoms with E-state index in [2.05, 4.69) is 19.6 Å². The van der Waals surface area contributed by atoms with Crippen LogP contribution in [0.5, 0.6) is 0 Å². The minimum absolute atomic E-state index is 0. The average Bonchev–Trinajstić information content (AvgIpc) is 2.40. The maximum atomic E-state index is 9.28. The van der Waals surface area contributed by atoms with Gasteiger partial charge in [-0.1, -0.05) is 0 Å². The van der Waals surface area contributed by atoms with Gasteiger partial charge in [0.2, 0.25) is 6.16 Å². The quantitative estimate of drug-likeness (QED) is 0.197. The molecule has 0 spiro atoms. The summed E-state index contributed by atoms with van der Waals surface area (Å²) in [4.78, 5) is 47.4. The Kier molecular flexibility index (Phi) is 115. The van der Waals surface area contributed by atoms with Gasteiger partial charge in [0.1, 0.15) is 0 Å². The Labute approximate surface area is 273 Å². The second-order valence-corrected chi connectivity index (χ2v) is 2.06. The van der Waals surface area contributed by atoms with Crippen molar-refractivity contribution in [1.29, 1.82) is 0 Å². The van der Waals surface area contributed by atoms with Crippen LogP contribution >= 0.6 is 0 Å². The maximum absolute atomic E-state index is 9.28. The summed E-state index contributed by atoms with van der Waals surface area (Å²) in [7, 11) is 0. The molecule has 0 rings (SSSR count). The van der Waals surface area contributed by atoms with Gasteiger partial charge in [0.15, 0.2) is 0 Å². The van der Waals surface area contributed by atoms with Crippen molar-refractivity contribution in [1.82, 2.24) is 0 Å². The Morgan fingerprint density at radius 1 is 0.560 bits per heavy atom. The fourth-order valence-corrected chi connectivity index (χ4v) is 0. The molecule has 13 nitrogen and oxygen atoms in total. The predicted molar refractivity (Wildman–Crippen MR) is 41.8 cm³/mol. The predicted octanol–water partition coefficient (Wildman–Crippen LogP) is -20.9. The van der Waals surface area contributed by atoms with E-state index in [0.29, 0.717) is 0 Å². The van der Waals surface area contributed by atoms with Crippen molar-refractivity contribution in [3.63, 3.8) is 0 Å². The largest absolute Gasteiger partial charge is 1.00 e. The summed E-state index contributed by atoms with van der Waals surface area (Å²) >= 11 is 0. The van der Waals surface area contributed by atoms with Crippen LogP contribution in [-0.2, 0) is 33.9 Å². The molecule has 120 valence electrons. The van der Waals surface area contributed by atoms with Gasteiger partial charge in [-0.25, -0.2) is 0 Å². The summed E-state index contributed by atoms with van der Waals surface area (Å²) in [5, 5.41) is 43.5. The summed E-state index contributed by atoms with van der Waals surface area (Å²) in [6.45, 7) is 3.15. The molecule has 0 aliphatic rings. The van der Waals surface area contributed by atoms with Crippen molar-refractivity contribution < 1.29 is 234 Å². The van der Waals surface area contributed by atoms with Gasteiger partial charge in [0, 0.05) is 20.8 Å². The van der Waals surface area contributed by atoms with E-state index in [4.69, 9.17) is 30.9 Å². The van der Waals surface area contributed by atoms with Gasteiger partial charge in [0.05, 0.1) is 0 Å². The van der Waals surface area contributed by atoms with Crippen LogP contribution < -0.4 is 196 Å².